The van der Waals surface area contributed by atoms with Crippen LogP contribution in [0.5, 0.6) is 0 Å². The Bertz CT molecular complexity index is 484. The van der Waals surface area contributed by atoms with Crippen molar-refractivity contribution in [2.75, 3.05) is 5.32 Å². The first-order valence-electron chi connectivity index (χ1n) is 6.23. The first kappa shape index (κ1) is 13.8. The predicted octanol–water partition coefficient (Wildman–Crippen LogP) is 2.25. The molecule has 0 saturated heterocycles. The number of aromatic nitrogens is 1. The predicted molar refractivity (Wildman–Crippen MR) is 72.5 cm³/mol. The van der Waals surface area contributed by atoms with Crippen LogP contribution in [0.1, 0.15) is 38.3 Å². The van der Waals surface area contributed by atoms with Gasteiger partial charge in [0.15, 0.2) is 5.13 Å². The lowest BCUT2D eigenvalue weighted by Crippen LogP contribution is -2.42. The number of rotatable bonds is 5. The fourth-order valence-electron chi connectivity index (χ4n) is 1.59. The minimum Gasteiger partial charge on any atom is -0.481 e. The van der Waals surface area contributed by atoms with E-state index in [0.29, 0.717) is 11.0 Å². The Hall–Kier alpha value is -1.63. The van der Waals surface area contributed by atoms with Crippen LogP contribution < -0.4 is 10.6 Å². The van der Waals surface area contributed by atoms with E-state index in [2.05, 4.69) is 15.6 Å². The van der Waals surface area contributed by atoms with Crippen LogP contribution in [0.4, 0.5) is 9.93 Å². The van der Waals surface area contributed by atoms with Gasteiger partial charge in [-0.15, -0.1) is 11.3 Å². The fraction of sp³-hybridized carbons (Fsp3) is 0.583. The van der Waals surface area contributed by atoms with Gasteiger partial charge in [-0.25, -0.2) is 9.78 Å². The number of thiazole rings is 1. The summed E-state index contributed by atoms with van der Waals surface area (Å²) in [6, 6.07) is -0.863. The van der Waals surface area contributed by atoms with E-state index in [1.54, 1.807) is 13.8 Å². The molecule has 2 rings (SSSR count). The normalized spacial score (nSPS) is 17.6. The molecule has 2 amide bonds. The number of carboxylic acid groups (broad SMARTS) is 1. The van der Waals surface area contributed by atoms with Gasteiger partial charge in [-0.05, 0) is 26.7 Å². The highest BCUT2D eigenvalue weighted by Gasteiger charge is 2.26. The van der Waals surface area contributed by atoms with E-state index < -0.39 is 24.0 Å². The molecule has 0 spiro atoms. The number of hydrogen-bond donors (Lipinski definition) is 3. The summed E-state index contributed by atoms with van der Waals surface area (Å²) in [5.41, 5.74) is 1.03. The largest absolute Gasteiger partial charge is 0.481 e. The summed E-state index contributed by atoms with van der Waals surface area (Å²) >= 11 is 1.39. The molecule has 0 bridgehead atoms. The number of amides is 2. The van der Waals surface area contributed by atoms with Gasteiger partial charge in [-0.2, -0.15) is 0 Å². The summed E-state index contributed by atoms with van der Waals surface area (Å²) in [6.45, 7) is 3.22. The van der Waals surface area contributed by atoms with Gasteiger partial charge < -0.3 is 10.4 Å². The van der Waals surface area contributed by atoms with Crippen LogP contribution in [0, 0.1) is 5.92 Å². The molecule has 0 aromatic carbocycles. The molecule has 1 fully saturated rings. The molecule has 104 valence electrons. The Morgan fingerprint density at radius 3 is 2.74 bits per heavy atom. The molecule has 1 saturated carbocycles. The van der Waals surface area contributed by atoms with Crippen LogP contribution in [0.2, 0.25) is 0 Å². The number of carboxylic acids is 1. The van der Waals surface area contributed by atoms with Gasteiger partial charge in [0.2, 0.25) is 0 Å². The lowest BCUT2D eigenvalue weighted by atomic mass is 10.0. The molecule has 1 aromatic rings. The van der Waals surface area contributed by atoms with Crippen molar-refractivity contribution in [2.45, 2.75) is 38.6 Å². The highest BCUT2D eigenvalue weighted by Crippen LogP contribution is 2.40. The molecule has 19 heavy (non-hydrogen) atoms. The third-order valence-corrected chi connectivity index (χ3v) is 4.01. The van der Waals surface area contributed by atoms with Crippen LogP contribution >= 0.6 is 11.3 Å². The third kappa shape index (κ3) is 3.66. The van der Waals surface area contributed by atoms with Gasteiger partial charge >= 0.3 is 12.0 Å². The molecular formula is C12H17N3O3S. The molecule has 1 aliphatic rings. The van der Waals surface area contributed by atoms with Gasteiger partial charge in [0.25, 0.3) is 0 Å². The van der Waals surface area contributed by atoms with Gasteiger partial charge in [-0.1, -0.05) is 0 Å². The monoisotopic (exact) mass is 283 g/mol. The van der Waals surface area contributed by atoms with Gasteiger partial charge in [0.1, 0.15) is 0 Å². The maximum absolute atomic E-state index is 11.7. The van der Waals surface area contributed by atoms with Crippen molar-refractivity contribution < 1.29 is 14.7 Å². The maximum Gasteiger partial charge on any atom is 0.321 e. The Labute approximate surface area is 115 Å². The summed E-state index contributed by atoms with van der Waals surface area (Å²) < 4.78 is 0. The van der Waals surface area contributed by atoms with Crippen molar-refractivity contribution in [3.05, 3.63) is 11.1 Å². The number of carbonyl (C=O) groups excluding carboxylic acids is 1. The van der Waals surface area contributed by atoms with Crippen molar-refractivity contribution in [3.8, 4) is 0 Å². The van der Waals surface area contributed by atoms with Crippen molar-refractivity contribution >= 4 is 28.5 Å². The second-order valence-electron chi connectivity index (χ2n) is 4.87. The molecule has 2 atom stereocenters. The van der Waals surface area contributed by atoms with Gasteiger partial charge in [-0.3, -0.25) is 10.1 Å². The number of carbonyl (C=O) groups is 2. The smallest absolute Gasteiger partial charge is 0.321 e. The van der Waals surface area contributed by atoms with E-state index in [0.717, 1.165) is 5.69 Å². The summed E-state index contributed by atoms with van der Waals surface area (Å²) in [5, 5.41) is 16.6. The van der Waals surface area contributed by atoms with E-state index in [1.807, 2.05) is 5.38 Å². The quantitative estimate of drug-likeness (QED) is 0.773. The SMILES string of the molecule is CC(NC(=O)Nc1nc(C2CC2)cs1)C(C)C(=O)O. The number of urea groups is 1. The van der Waals surface area contributed by atoms with Crippen LogP contribution in [0.15, 0.2) is 5.38 Å². The summed E-state index contributed by atoms with van der Waals surface area (Å²) in [6.07, 6.45) is 2.34. The average Bonchev–Trinajstić information content (AvgIpc) is 3.09. The molecule has 1 aromatic heterocycles. The van der Waals surface area contributed by atoms with Crippen LogP contribution in [0.3, 0.4) is 0 Å². The molecular weight excluding hydrogens is 266 g/mol. The Morgan fingerprint density at radius 2 is 2.16 bits per heavy atom. The van der Waals surface area contributed by atoms with E-state index >= 15 is 0 Å². The number of nitrogens with one attached hydrogen (secondary N) is 2. The van der Waals surface area contributed by atoms with Crippen LogP contribution in [-0.2, 0) is 4.79 Å². The average molecular weight is 283 g/mol. The van der Waals surface area contributed by atoms with Crippen molar-refractivity contribution in [1.29, 1.82) is 0 Å². The topological polar surface area (TPSA) is 91.3 Å². The van der Waals surface area contributed by atoms with Crippen LogP contribution in [-0.4, -0.2) is 28.1 Å². The Kier molecular flexibility index (Phi) is 4.04. The zero-order chi connectivity index (χ0) is 14.0. The molecule has 0 radical (unpaired) electrons. The van der Waals surface area contributed by atoms with Crippen molar-refractivity contribution in [1.82, 2.24) is 10.3 Å². The van der Waals surface area contributed by atoms with E-state index in [1.165, 1.54) is 24.2 Å². The first-order valence-corrected chi connectivity index (χ1v) is 7.11. The Balaban J connectivity index is 1.84. The number of hydrogen-bond acceptors (Lipinski definition) is 4. The lowest BCUT2D eigenvalue weighted by molar-refractivity contribution is -0.141. The number of nitrogens with zero attached hydrogens (tertiary/aromatic N) is 1. The summed E-state index contributed by atoms with van der Waals surface area (Å²) in [5.74, 6) is -1.01. The summed E-state index contributed by atoms with van der Waals surface area (Å²) in [4.78, 5) is 26.8. The van der Waals surface area contributed by atoms with Gasteiger partial charge in [0.05, 0.1) is 11.6 Å². The minimum absolute atomic E-state index is 0.419. The minimum atomic E-state index is -0.932. The zero-order valence-electron chi connectivity index (χ0n) is 10.8. The zero-order valence-corrected chi connectivity index (χ0v) is 11.7. The molecule has 1 aliphatic carbocycles. The highest BCUT2D eigenvalue weighted by atomic mass is 32.1. The second kappa shape index (κ2) is 5.56. The first-order chi connectivity index (χ1) is 8.97. The highest BCUT2D eigenvalue weighted by molar-refractivity contribution is 7.13. The lowest BCUT2D eigenvalue weighted by Gasteiger charge is -2.17. The molecule has 7 heteroatoms. The standard InChI is InChI=1S/C12H17N3O3S/c1-6(10(16)17)7(2)13-11(18)15-12-14-9(5-19-12)8-3-4-8/h5-8H,3-4H2,1-2H3,(H,16,17)(H2,13,14,15,18). The van der Waals surface area contributed by atoms with E-state index in [4.69, 9.17) is 5.11 Å². The van der Waals surface area contributed by atoms with E-state index in [-0.39, 0.29) is 0 Å². The van der Waals surface area contributed by atoms with Crippen LogP contribution in [0.25, 0.3) is 0 Å². The number of aliphatic carboxylic acids is 1. The fourth-order valence-corrected chi connectivity index (χ4v) is 2.38. The van der Waals surface area contributed by atoms with Crippen molar-refractivity contribution in [3.63, 3.8) is 0 Å². The second-order valence-corrected chi connectivity index (χ2v) is 5.72. The van der Waals surface area contributed by atoms with E-state index in [9.17, 15) is 9.59 Å². The van der Waals surface area contributed by atoms with Gasteiger partial charge in [0, 0.05) is 17.3 Å². The molecule has 3 N–H and O–H groups in total. The number of anilines is 1. The summed E-state index contributed by atoms with van der Waals surface area (Å²) in [7, 11) is 0. The molecule has 2 unspecified atom stereocenters. The Morgan fingerprint density at radius 1 is 1.47 bits per heavy atom. The molecule has 6 nitrogen and oxygen atoms in total. The molecule has 0 aliphatic heterocycles. The van der Waals surface area contributed by atoms with Crippen molar-refractivity contribution in [2.24, 2.45) is 5.92 Å². The molecule has 1 heterocycles. The maximum atomic E-state index is 11.7. The third-order valence-electron chi connectivity index (χ3n) is 3.24.